The van der Waals surface area contributed by atoms with Gasteiger partial charge in [0.25, 0.3) is 0 Å². The minimum Gasteiger partial charge on any atom is -0.354 e. The molecule has 1 N–H and O–H groups in total. The van der Waals surface area contributed by atoms with Crippen LogP contribution in [0.1, 0.15) is 62.1 Å². The van der Waals surface area contributed by atoms with Crippen molar-refractivity contribution >= 4 is 11.8 Å². The van der Waals surface area contributed by atoms with Crippen LogP contribution in [0.2, 0.25) is 0 Å². The molecule has 0 aliphatic heterocycles. The third-order valence-corrected chi connectivity index (χ3v) is 6.48. The van der Waals surface area contributed by atoms with Gasteiger partial charge in [0.2, 0.25) is 11.8 Å². The van der Waals surface area contributed by atoms with E-state index in [9.17, 15) is 9.59 Å². The van der Waals surface area contributed by atoms with Gasteiger partial charge in [-0.3, -0.25) is 9.59 Å². The van der Waals surface area contributed by atoms with E-state index in [0.717, 1.165) is 29.5 Å². The van der Waals surface area contributed by atoms with Crippen LogP contribution in [0.4, 0.5) is 0 Å². The quantitative estimate of drug-likeness (QED) is 0.313. The molecular formula is C31H38N2O2. The summed E-state index contributed by atoms with van der Waals surface area (Å²) in [4.78, 5) is 28.8. The van der Waals surface area contributed by atoms with E-state index in [2.05, 4.69) is 48.6 Å². The molecule has 0 heterocycles. The fourth-order valence-electron chi connectivity index (χ4n) is 4.49. The van der Waals surface area contributed by atoms with Crippen molar-refractivity contribution in [3.05, 3.63) is 108 Å². The van der Waals surface area contributed by atoms with Crippen LogP contribution in [0.3, 0.4) is 0 Å². The Hall–Kier alpha value is -3.40. The van der Waals surface area contributed by atoms with Gasteiger partial charge in [0.1, 0.15) is 6.04 Å². The summed E-state index contributed by atoms with van der Waals surface area (Å²) in [6.45, 7) is 5.24. The van der Waals surface area contributed by atoms with Crippen LogP contribution in [0, 0.1) is 0 Å². The van der Waals surface area contributed by atoms with Gasteiger partial charge >= 0.3 is 0 Å². The third kappa shape index (κ3) is 7.81. The molecule has 3 rings (SSSR count). The lowest BCUT2D eigenvalue weighted by Crippen LogP contribution is -2.50. The summed E-state index contributed by atoms with van der Waals surface area (Å²) >= 11 is 0. The van der Waals surface area contributed by atoms with Gasteiger partial charge in [-0.1, -0.05) is 111 Å². The SMILES string of the molecule is CCCCNC(=O)C(CC)N(CCc1ccccc1)C(=O)CC(c1ccccc1)c1ccccc1. The number of hydrogen-bond acceptors (Lipinski definition) is 2. The predicted molar refractivity (Wildman–Crippen MR) is 143 cm³/mol. The zero-order valence-electron chi connectivity index (χ0n) is 21.0. The van der Waals surface area contributed by atoms with Gasteiger partial charge < -0.3 is 10.2 Å². The van der Waals surface area contributed by atoms with Crippen molar-refractivity contribution in [3.63, 3.8) is 0 Å². The largest absolute Gasteiger partial charge is 0.354 e. The first-order chi connectivity index (χ1) is 17.1. The lowest BCUT2D eigenvalue weighted by atomic mass is 9.88. The third-order valence-electron chi connectivity index (χ3n) is 6.48. The highest BCUT2D eigenvalue weighted by Crippen LogP contribution is 2.29. The van der Waals surface area contributed by atoms with Crippen molar-refractivity contribution in [2.75, 3.05) is 13.1 Å². The molecule has 0 bridgehead atoms. The molecule has 1 atom stereocenters. The van der Waals surface area contributed by atoms with Crippen LogP contribution in [0.15, 0.2) is 91.0 Å². The van der Waals surface area contributed by atoms with Gasteiger partial charge in [-0.15, -0.1) is 0 Å². The molecule has 2 amide bonds. The molecule has 0 spiro atoms. The van der Waals surface area contributed by atoms with E-state index in [-0.39, 0.29) is 17.7 Å². The fraction of sp³-hybridized carbons (Fsp3) is 0.355. The number of amides is 2. The minimum atomic E-state index is -0.477. The summed E-state index contributed by atoms with van der Waals surface area (Å²) in [5.41, 5.74) is 3.38. The van der Waals surface area contributed by atoms with Crippen molar-refractivity contribution in [3.8, 4) is 0 Å². The standard InChI is InChI=1S/C31H38N2O2/c1-3-5-22-32-31(35)29(4-2)33(23-21-25-15-9-6-10-16-25)30(34)24-28(26-17-11-7-12-18-26)27-19-13-8-14-20-27/h6-20,28-29H,3-5,21-24H2,1-2H3,(H,32,35). The predicted octanol–water partition coefficient (Wildman–Crippen LogP) is 5.97. The molecule has 0 radical (unpaired) electrons. The molecule has 0 aromatic heterocycles. The number of rotatable bonds is 13. The van der Waals surface area contributed by atoms with Crippen LogP contribution in [0.5, 0.6) is 0 Å². The Kier molecular flexibility index (Phi) is 10.6. The Morgan fingerprint density at radius 2 is 1.34 bits per heavy atom. The number of nitrogens with one attached hydrogen (secondary N) is 1. The topological polar surface area (TPSA) is 49.4 Å². The van der Waals surface area contributed by atoms with Crippen LogP contribution in [-0.2, 0) is 16.0 Å². The second-order valence-electron chi connectivity index (χ2n) is 8.97. The average molecular weight is 471 g/mol. The molecule has 4 nitrogen and oxygen atoms in total. The van der Waals surface area contributed by atoms with Gasteiger partial charge in [-0.2, -0.15) is 0 Å². The fourth-order valence-corrected chi connectivity index (χ4v) is 4.49. The normalized spacial score (nSPS) is 11.7. The number of benzene rings is 3. The molecule has 3 aromatic rings. The first kappa shape index (κ1) is 26.2. The molecule has 0 fully saturated rings. The maximum absolute atomic E-state index is 13.9. The number of unbranched alkanes of at least 4 members (excludes halogenated alkanes) is 1. The van der Waals surface area contributed by atoms with Gasteiger partial charge in [0.15, 0.2) is 0 Å². The monoisotopic (exact) mass is 470 g/mol. The number of carbonyl (C=O) groups is 2. The van der Waals surface area contributed by atoms with Crippen molar-refractivity contribution in [2.24, 2.45) is 0 Å². The molecule has 0 aliphatic rings. The molecule has 184 valence electrons. The van der Waals surface area contributed by atoms with E-state index in [0.29, 0.717) is 32.4 Å². The first-order valence-corrected chi connectivity index (χ1v) is 12.8. The van der Waals surface area contributed by atoms with Gasteiger partial charge in [0, 0.05) is 25.4 Å². The summed E-state index contributed by atoms with van der Waals surface area (Å²) < 4.78 is 0. The smallest absolute Gasteiger partial charge is 0.242 e. The molecule has 1 unspecified atom stereocenters. The van der Waals surface area contributed by atoms with E-state index in [1.165, 1.54) is 0 Å². The van der Waals surface area contributed by atoms with Crippen molar-refractivity contribution < 1.29 is 9.59 Å². The Morgan fingerprint density at radius 3 is 1.86 bits per heavy atom. The zero-order valence-corrected chi connectivity index (χ0v) is 21.0. The molecule has 0 saturated heterocycles. The van der Waals surface area contributed by atoms with E-state index in [4.69, 9.17) is 0 Å². The van der Waals surface area contributed by atoms with Crippen LogP contribution < -0.4 is 5.32 Å². The van der Waals surface area contributed by atoms with E-state index in [1.807, 2.05) is 66.4 Å². The van der Waals surface area contributed by atoms with Crippen LogP contribution in [0.25, 0.3) is 0 Å². The summed E-state index contributed by atoms with van der Waals surface area (Å²) in [6, 6.07) is 30.0. The number of hydrogen-bond donors (Lipinski definition) is 1. The lowest BCUT2D eigenvalue weighted by Gasteiger charge is -2.32. The number of nitrogens with zero attached hydrogens (tertiary/aromatic N) is 1. The lowest BCUT2D eigenvalue weighted by molar-refractivity contribution is -0.140. The van der Waals surface area contributed by atoms with Gasteiger partial charge in [0.05, 0.1) is 0 Å². The highest BCUT2D eigenvalue weighted by Gasteiger charge is 2.30. The molecular weight excluding hydrogens is 432 g/mol. The van der Waals surface area contributed by atoms with E-state index >= 15 is 0 Å². The Morgan fingerprint density at radius 1 is 0.800 bits per heavy atom. The Balaban J connectivity index is 1.86. The summed E-state index contributed by atoms with van der Waals surface area (Å²) in [5.74, 6) is -0.112. The molecule has 0 aliphatic carbocycles. The van der Waals surface area contributed by atoms with Crippen molar-refractivity contribution in [2.45, 2.75) is 57.9 Å². The van der Waals surface area contributed by atoms with Crippen LogP contribution in [-0.4, -0.2) is 35.8 Å². The maximum Gasteiger partial charge on any atom is 0.242 e. The number of carbonyl (C=O) groups excluding carboxylic acids is 2. The summed E-state index contributed by atoms with van der Waals surface area (Å²) in [5, 5.41) is 3.05. The Labute approximate surface area is 210 Å². The Bertz CT molecular complexity index is 982. The van der Waals surface area contributed by atoms with Gasteiger partial charge in [-0.25, -0.2) is 0 Å². The van der Waals surface area contributed by atoms with Crippen molar-refractivity contribution in [1.29, 1.82) is 0 Å². The van der Waals surface area contributed by atoms with Gasteiger partial charge in [-0.05, 0) is 36.0 Å². The minimum absolute atomic E-state index is 0.0103. The van der Waals surface area contributed by atoms with E-state index in [1.54, 1.807) is 0 Å². The second kappa shape index (κ2) is 14.1. The highest BCUT2D eigenvalue weighted by atomic mass is 16.2. The average Bonchev–Trinajstić information content (AvgIpc) is 2.91. The van der Waals surface area contributed by atoms with Crippen LogP contribution >= 0.6 is 0 Å². The van der Waals surface area contributed by atoms with E-state index < -0.39 is 6.04 Å². The summed E-state index contributed by atoms with van der Waals surface area (Å²) in [7, 11) is 0. The molecule has 4 heteroatoms. The molecule has 0 saturated carbocycles. The molecule has 3 aromatic carbocycles. The molecule has 35 heavy (non-hydrogen) atoms. The van der Waals surface area contributed by atoms with Crippen molar-refractivity contribution in [1.82, 2.24) is 10.2 Å². The first-order valence-electron chi connectivity index (χ1n) is 12.8. The maximum atomic E-state index is 13.9. The zero-order chi connectivity index (χ0) is 24.9. The highest BCUT2D eigenvalue weighted by molar-refractivity contribution is 5.88. The summed E-state index contributed by atoms with van der Waals surface area (Å²) in [6.07, 6.45) is 3.57. The second-order valence-corrected chi connectivity index (χ2v) is 8.97.